The molecule has 0 aliphatic heterocycles. The van der Waals surface area contributed by atoms with Crippen molar-refractivity contribution in [3.63, 3.8) is 0 Å². The van der Waals surface area contributed by atoms with Crippen LogP contribution in [0.1, 0.15) is 15.9 Å². The Morgan fingerprint density at radius 3 is 2.41 bits per heavy atom. The number of aromatic hydroxyl groups is 1. The Hall–Kier alpha value is -2.52. The van der Waals surface area contributed by atoms with E-state index in [0.29, 0.717) is 16.3 Å². The molecule has 0 bridgehead atoms. The monoisotopic (exact) mass is 311 g/mol. The Morgan fingerprint density at radius 2 is 1.73 bits per heavy atom. The first-order valence-corrected chi connectivity index (χ1v) is 7.21. The predicted octanol–water partition coefficient (Wildman–Crippen LogP) is 4.76. The second-order valence-corrected chi connectivity index (χ2v) is 5.57. The molecule has 0 aliphatic rings. The smallest absolute Gasteiger partial charge is 0.256 e. The van der Waals surface area contributed by atoms with Crippen LogP contribution in [0.4, 0.5) is 5.69 Å². The number of carbonyl (C=O) groups is 1. The number of phenols is 1. The summed E-state index contributed by atoms with van der Waals surface area (Å²) in [6.07, 6.45) is 0. The van der Waals surface area contributed by atoms with Crippen molar-refractivity contribution < 1.29 is 9.90 Å². The minimum absolute atomic E-state index is 0.0562. The SMILES string of the molecule is Cc1cc2ccccc2cc1C(=O)Nc1ccc(Cl)cc1O. The van der Waals surface area contributed by atoms with Gasteiger partial charge in [-0.05, 0) is 41.5 Å². The van der Waals surface area contributed by atoms with Gasteiger partial charge in [0.2, 0.25) is 0 Å². The van der Waals surface area contributed by atoms with Gasteiger partial charge in [0.25, 0.3) is 5.91 Å². The number of benzene rings is 3. The molecule has 0 radical (unpaired) electrons. The maximum Gasteiger partial charge on any atom is 0.256 e. The third-order valence-electron chi connectivity index (χ3n) is 3.55. The minimum atomic E-state index is -0.263. The lowest BCUT2D eigenvalue weighted by molar-refractivity contribution is 0.102. The lowest BCUT2D eigenvalue weighted by Crippen LogP contribution is -2.13. The molecule has 3 aromatic carbocycles. The number of fused-ring (bicyclic) bond motifs is 1. The molecule has 110 valence electrons. The molecule has 3 nitrogen and oxygen atoms in total. The van der Waals surface area contributed by atoms with Crippen LogP contribution in [-0.4, -0.2) is 11.0 Å². The van der Waals surface area contributed by atoms with Crippen molar-refractivity contribution in [3.8, 4) is 5.75 Å². The maximum absolute atomic E-state index is 12.5. The predicted molar refractivity (Wildman–Crippen MR) is 89.8 cm³/mol. The van der Waals surface area contributed by atoms with E-state index in [-0.39, 0.29) is 11.7 Å². The highest BCUT2D eigenvalue weighted by molar-refractivity contribution is 6.30. The van der Waals surface area contributed by atoms with E-state index in [4.69, 9.17) is 11.6 Å². The second kappa shape index (κ2) is 5.70. The summed E-state index contributed by atoms with van der Waals surface area (Å²) in [5, 5.41) is 15.0. The summed E-state index contributed by atoms with van der Waals surface area (Å²) in [6.45, 7) is 1.89. The fourth-order valence-electron chi connectivity index (χ4n) is 2.40. The van der Waals surface area contributed by atoms with Gasteiger partial charge in [0.05, 0.1) is 5.69 Å². The van der Waals surface area contributed by atoms with Gasteiger partial charge in [-0.3, -0.25) is 4.79 Å². The van der Waals surface area contributed by atoms with E-state index in [9.17, 15) is 9.90 Å². The molecule has 0 saturated carbocycles. The Balaban J connectivity index is 1.96. The molecule has 3 rings (SSSR count). The highest BCUT2D eigenvalue weighted by Gasteiger charge is 2.12. The fraction of sp³-hybridized carbons (Fsp3) is 0.0556. The summed E-state index contributed by atoms with van der Waals surface area (Å²) >= 11 is 5.79. The number of hydrogen-bond donors (Lipinski definition) is 2. The van der Waals surface area contributed by atoms with Gasteiger partial charge in [0.15, 0.2) is 0 Å². The van der Waals surface area contributed by atoms with Crippen LogP contribution in [0, 0.1) is 6.92 Å². The number of rotatable bonds is 2. The topological polar surface area (TPSA) is 49.3 Å². The zero-order valence-corrected chi connectivity index (χ0v) is 12.7. The van der Waals surface area contributed by atoms with Gasteiger partial charge in [0, 0.05) is 16.7 Å². The van der Waals surface area contributed by atoms with Crippen molar-refractivity contribution in [3.05, 3.63) is 70.7 Å². The van der Waals surface area contributed by atoms with Crippen molar-refractivity contribution in [2.75, 3.05) is 5.32 Å². The maximum atomic E-state index is 12.5. The van der Waals surface area contributed by atoms with Crippen molar-refractivity contribution in [2.24, 2.45) is 0 Å². The van der Waals surface area contributed by atoms with Gasteiger partial charge in [-0.15, -0.1) is 0 Å². The summed E-state index contributed by atoms with van der Waals surface area (Å²) in [6, 6.07) is 16.3. The molecule has 2 N–H and O–H groups in total. The highest BCUT2D eigenvalue weighted by Crippen LogP contribution is 2.28. The van der Waals surface area contributed by atoms with Crippen molar-refractivity contribution >= 4 is 34.0 Å². The minimum Gasteiger partial charge on any atom is -0.506 e. The van der Waals surface area contributed by atoms with Crippen LogP contribution in [0.5, 0.6) is 5.75 Å². The number of halogens is 1. The van der Waals surface area contributed by atoms with Gasteiger partial charge in [-0.1, -0.05) is 41.9 Å². The third-order valence-corrected chi connectivity index (χ3v) is 3.78. The number of anilines is 1. The van der Waals surface area contributed by atoms with E-state index in [2.05, 4.69) is 5.32 Å². The Morgan fingerprint density at radius 1 is 1.05 bits per heavy atom. The van der Waals surface area contributed by atoms with Gasteiger partial charge in [0.1, 0.15) is 5.75 Å². The second-order valence-electron chi connectivity index (χ2n) is 5.13. The van der Waals surface area contributed by atoms with Crippen molar-refractivity contribution in [1.82, 2.24) is 0 Å². The van der Waals surface area contributed by atoms with E-state index in [1.807, 2.05) is 43.3 Å². The first-order valence-electron chi connectivity index (χ1n) is 6.84. The van der Waals surface area contributed by atoms with Crippen LogP contribution in [0.25, 0.3) is 10.8 Å². The average molecular weight is 312 g/mol. The number of phenolic OH excluding ortho intramolecular Hbond substituents is 1. The van der Waals surface area contributed by atoms with Crippen LogP contribution >= 0.6 is 11.6 Å². The molecule has 0 aliphatic carbocycles. The molecule has 0 fully saturated rings. The van der Waals surface area contributed by atoms with E-state index in [0.717, 1.165) is 16.3 Å². The first kappa shape index (κ1) is 14.4. The van der Waals surface area contributed by atoms with Gasteiger partial charge >= 0.3 is 0 Å². The summed E-state index contributed by atoms with van der Waals surface area (Å²) in [5.74, 6) is -0.319. The Kier molecular flexibility index (Phi) is 3.73. The molecule has 22 heavy (non-hydrogen) atoms. The highest BCUT2D eigenvalue weighted by atomic mass is 35.5. The van der Waals surface area contributed by atoms with Gasteiger partial charge < -0.3 is 10.4 Å². The zero-order valence-electron chi connectivity index (χ0n) is 11.9. The molecular weight excluding hydrogens is 298 g/mol. The number of amides is 1. The Labute approximate surface area is 133 Å². The normalized spacial score (nSPS) is 10.6. The number of nitrogens with one attached hydrogen (secondary N) is 1. The molecule has 4 heteroatoms. The number of aryl methyl sites for hydroxylation is 1. The lowest BCUT2D eigenvalue weighted by atomic mass is 10.0. The van der Waals surface area contributed by atoms with Crippen molar-refractivity contribution in [2.45, 2.75) is 6.92 Å². The van der Waals surface area contributed by atoms with Gasteiger partial charge in [-0.2, -0.15) is 0 Å². The zero-order chi connectivity index (χ0) is 15.7. The summed E-state index contributed by atoms with van der Waals surface area (Å²) in [5.41, 5.74) is 1.79. The summed E-state index contributed by atoms with van der Waals surface area (Å²) < 4.78 is 0. The van der Waals surface area contributed by atoms with Gasteiger partial charge in [-0.25, -0.2) is 0 Å². The summed E-state index contributed by atoms with van der Waals surface area (Å²) in [7, 11) is 0. The van der Waals surface area contributed by atoms with Crippen LogP contribution in [0.3, 0.4) is 0 Å². The van der Waals surface area contributed by atoms with E-state index in [1.54, 1.807) is 12.1 Å². The molecule has 1 amide bonds. The van der Waals surface area contributed by atoms with Crippen LogP contribution in [-0.2, 0) is 0 Å². The van der Waals surface area contributed by atoms with Crippen LogP contribution < -0.4 is 5.32 Å². The number of hydrogen-bond acceptors (Lipinski definition) is 2. The molecule has 0 aromatic heterocycles. The quantitative estimate of drug-likeness (QED) is 0.670. The molecule has 0 spiro atoms. The largest absolute Gasteiger partial charge is 0.506 e. The fourth-order valence-corrected chi connectivity index (χ4v) is 2.57. The standard InChI is InChI=1S/C18H14ClNO2/c1-11-8-12-4-2-3-5-13(12)9-15(11)18(22)20-16-7-6-14(19)10-17(16)21/h2-10,21H,1H3,(H,20,22). The summed E-state index contributed by atoms with van der Waals surface area (Å²) in [4.78, 5) is 12.5. The third kappa shape index (κ3) is 2.76. The number of carbonyl (C=O) groups excluding carboxylic acids is 1. The molecule has 0 saturated heterocycles. The molecule has 3 aromatic rings. The van der Waals surface area contributed by atoms with E-state index >= 15 is 0 Å². The molecular formula is C18H14ClNO2. The molecule has 0 unspecified atom stereocenters. The van der Waals surface area contributed by atoms with Crippen LogP contribution in [0.2, 0.25) is 5.02 Å². The van der Waals surface area contributed by atoms with Crippen LogP contribution in [0.15, 0.2) is 54.6 Å². The molecule has 0 heterocycles. The average Bonchev–Trinajstić information content (AvgIpc) is 2.49. The molecule has 0 atom stereocenters. The first-order chi connectivity index (χ1) is 10.5. The van der Waals surface area contributed by atoms with E-state index < -0.39 is 0 Å². The van der Waals surface area contributed by atoms with E-state index in [1.165, 1.54) is 6.07 Å². The Bertz CT molecular complexity index is 874. The lowest BCUT2D eigenvalue weighted by Gasteiger charge is -2.10. The van der Waals surface area contributed by atoms with Crippen molar-refractivity contribution in [1.29, 1.82) is 0 Å².